The number of halogens is 1. The lowest BCUT2D eigenvalue weighted by Gasteiger charge is -2.49. The van der Waals surface area contributed by atoms with Gasteiger partial charge in [-0.15, -0.1) is 11.8 Å². The van der Waals surface area contributed by atoms with Gasteiger partial charge in [-0.3, -0.25) is 0 Å². The summed E-state index contributed by atoms with van der Waals surface area (Å²) in [4.78, 5) is 15.2. The fourth-order valence-electron chi connectivity index (χ4n) is 4.55. The molecule has 5 nitrogen and oxygen atoms in total. The van der Waals surface area contributed by atoms with Gasteiger partial charge >= 0.3 is 5.97 Å². The molecule has 0 amide bonds. The third kappa shape index (κ3) is 3.43. The minimum atomic E-state index is -1.63. The van der Waals surface area contributed by atoms with Gasteiger partial charge < -0.3 is 14.7 Å². The monoisotopic (exact) mass is 410 g/mol. The summed E-state index contributed by atoms with van der Waals surface area (Å²) in [6.45, 7) is 1.95. The van der Waals surface area contributed by atoms with E-state index in [-0.39, 0.29) is 0 Å². The van der Waals surface area contributed by atoms with Crippen LogP contribution < -0.4 is 9.64 Å². The summed E-state index contributed by atoms with van der Waals surface area (Å²) in [5.74, 6) is -1.57. The standard InChI is InChI=1S/C19H23FN2O3S2/c1-21-5-6-22(19-4-3-12(9-19)10-19)14-7-17(26-2)15(8-16(14)27-21)25-11-13(20)18(23)24/h7-8,11-12H,3-6,9-10H2,1-2H3,(H,23,24)/b13-11-. The van der Waals surface area contributed by atoms with Gasteiger partial charge in [0.05, 0.1) is 15.5 Å². The fourth-order valence-corrected chi connectivity index (χ4v) is 6.02. The second kappa shape index (κ2) is 7.22. The summed E-state index contributed by atoms with van der Waals surface area (Å²) in [6, 6.07) is 4.03. The highest BCUT2D eigenvalue weighted by Gasteiger charge is 2.54. The van der Waals surface area contributed by atoms with E-state index >= 15 is 0 Å². The van der Waals surface area contributed by atoms with Crippen LogP contribution in [0.25, 0.3) is 0 Å². The van der Waals surface area contributed by atoms with Crippen LogP contribution in [-0.4, -0.2) is 47.3 Å². The van der Waals surface area contributed by atoms with Crippen LogP contribution in [0, 0.1) is 5.92 Å². The van der Waals surface area contributed by atoms with Gasteiger partial charge in [0.2, 0.25) is 5.83 Å². The molecule has 1 aromatic carbocycles. The van der Waals surface area contributed by atoms with Crippen molar-refractivity contribution >= 4 is 35.4 Å². The van der Waals surface area contributed by atoms with E-state index in [1.807, 2.05) is 12.3 Å². The van der Waals surface area contributed by atoms with E-state index in [1.54, 1.807) is 11.9 Å². The van der Waals surface area contributed by atoms with Gasteiger partial charge in [0.25, 0.3) is 0 Å². The highest BCUT2D eigenvalue weighted by molar-refractivity contribution is 7.98. The predicted molar refractivity (Wildman–Crippen MR) is 106 cm³/mol. The van der Waals surface area contributed by atoms with Crippen LogP contribution in [0.4, 0.5) is 10.1 Å². The Balaban J connectivity index is 1.72. The molecule has 1 aromatic rings. The molecule has 2 bridgehead atoms. The number of nitrogens with zero attached hydrogens (tertiary/aromatic N) is 2. The van der Waals surface area contributed by atoms with Crippen LogP contribution >= 0.6 is 23.7 Å². The van der Waals surface area contributed by atoms with Gasteiger partial charge in [0.1, 0.15) is 12.0 Å². The Kier molecular flexibility index (Phi) is 5.07. The van der Waals surface area contributed by atoms with Crippen molar-refractivity contribution in [3.05, 3.63) is 24.2 Å². The van der Waals surface area contributed by atoms with Crippen LogP contribution in [-0.2, 0) is 4.79 Å². The Labute approximate surface area is 167 Å². The second-order valence-corrected chi connectivity index (χ2v) is 9.59. The van der Waals surface area contributed by atoms with Crippen LogP contribution in [0.2, 0.25) is 0 Å². The summed E-state index contributed by atoms with van der Waals surface area (Å²) < 4.78 is 20.9. The molecular formula is C19H23FN2O3S2. The number of benzene rings is 1. The summed E-state index contributed by atoms with van der Waals surface area (Å²) in [5.41, 5.74) is 1.50. The minimum Gasteiger partial charge on any atom is -0.476 e. The molecule has 1 N–H and O–H groups in total. The number of ether oxygens (including phenoxy) is 1. The highest BCUT2D eigenvalue weighted by atomic mass is 32.2. The number of thioether (sulfide) groups is 1. The Morgan fingerprint density at radius 3 is 2.85 bits per heavy atom. The molecule has 146 valence electrons. The molecular weight excluding hydrogens is 387 g/mol. The summed E-state index contributed by atoms with van der Waals surface area (Å²) in [5, 5.41) is 8.69. The molecule has 0 spiro atoms. The zero-order valence-corrected chi connectivity index (χ0v) is 17.0. The minimum absolute atomic E-state index is 0.290. The quantitative estimate of drug-likeness (QED) is 0.334. The second-order valence-electron chi connectivity index (χ2n) is 7.49. The van der Waals surface area contributed by atoms with E-state index in [4.69, 9.17) is 9.84 Å². The molecule has 3 fully saturated rings. The SMILES string of the molecule is CSc1cc2c(cc1O/C=C(\F)C(=O)O)SN(C)CCN2C12CCC(C1)C2. The van der Waals surface area contributed by atoms with Crippen LogP contribution in [0.15, 0.2) is 34.0 Å². The van der Waals surface area contributed by atoms with Crippen molar-refractivity contribution in [2.24, 2.45) is 5.92 Å². The van der Waals surface area contributed by atoms with Gasteiger partial charge in [-0.05, 0) is 69.0 Å². The maximum absolute atomic E-state index is 13.3. The van der Waals surface area contributed by atoms with E-state index < -0.39 is 11.8 Å². The van der Waals surface area contributed by atoms with Crippen molar-refractivity contribution in [2.45, 2.75) is 41.0 Å². The smallest absolute Gasteiger partial charge is 0.368 e. The van der Waals surface area contributed by atoms with E-state index in [1.165, 1.54) is 43.1 Å². The molecule has 27 heavy (non-hydrogen) atoms. The first-order chi connectivity index (χ1) is 12.9. The summed E-state index contributed by atoms with van der Waals surface area (Å²) >= 11 is 3.18. The predicted octanol–water partition coefficient (Wildman–Crippen LogP) is 4.38. The topological polar surface area (TPSA) is 53.0 Å². The molecule has 0 atom stereocenters. The van der Waals surface area contributed by atoms with Gasteiger partial charge in [-0.25, -0.2) is 9.10 Å². The van der Waals surface area contributed by atoms with Crippen LogP contribution in [0.5, 0.6) is 5.75 Å². The first kappa shape index (κ1) is 19.0. The number of hydrogen-bond acceptors (Lipinski definition) is 6. The zero-order valence-electron chi connectivity index (χ0n) is 15.4. The number of fused-ring (bicyclic) bond motifs is 2. The molecule has 0 radical (unpaired) electrons. The molecule has 0 aromatic heterocycles. The maximum atomic E-state index is 13.3. The Morgan fingerprint density at radius 1 is 1.44 bits per heavy atom. The Morgan fingerprint density at radius 2 is 2.22 bits per heavy atom. The summed E-state index contributed by atoms with van der Waals surface area (Å²) in [6.07, 6.45) is 7.74. The van der Waals surface area contributed by atoms with Crippen molar-refractivity contribution in [2.75, 3.05) is 31.3 Å². The van der Waals surface area contributed by atoms with Crippen molar-refractivity contribution in [1.82, 2.24) is 4.31 Å². The van der Waals surface area contributed by atoms with Gasteiger partial charge in [0.15, 0.2) is 0 Å². The van der Waals surface area contributed by atoms with Crippen molar-refractivity contribution < 1.29 is 19.0 Å². The summed E-state index contributed by atoms with van der Waals surface area (Å²) in [7, 11) is 2.07. The normalized spacial score (nSPS) is 27.7. The van der Waals surface area contributed by atoms with E-state index in [0.717, 1.165) is 28.8 Å². The molecule has 1 aliphatic heterocycles. The lowest BCUT2D eigenvalue weighted by Crippen LogP contribution is -2.53. The van der Waals surface area contributed by atoms with Crippen LogP contribution in [0.3, 0.4) is 0 Å². The third-order valence-corrected chi connectivity index (χ3v) is 7.63. The average molecular weight is 411 g/mol. The number of likely N-dealkylation sites (N-methyl/N-ethyl adjacent to an activating group) is 1. The van der Waals surface area contributed by atoms with E-state index in [9.17, 15) is 9.18 Å². The lowest BCUT2D eigenvalue weighted by atomic mass is 9.75. The molecule has 0 unspecified atom stereocenters. The number of hydrogen-bond donors (Lipinski definition) is 1. The molecule has 8 heteroatoms. The molecule has 1 heterocycles. The van der Waals surface area contributed by atoms with Crippen LogP contribution in [0.1, 0.15) is 25.7 Å². The Hall–Kier alpha value is -1.38. The number of anilines is 1. The first-order valence-electron chi connectivity index (χ1n) is 9.06. The average Bonchev–Trinajstić information content (AvgIpc) is 3.18. The number of rotatable bonds is 5. The highest BCUT2D eigenvalue weighted by Crippen LogP contribution is 2.58. The zero-order chi connectivity index (χ0) is 19.2. The number of aliphatic carboxylic acids is 1. The molecule has 5 rings (SSSR count). The number of carbonyl (C=O) groups is 1. The van der Waals surface area contributed by atoms with Gasteiger partial charge in [-0.2, -0.15) is 4.39 Å². The molecule has 3 saturated carbocycles. The van der Waals surface area contributed by atoms with Crippen molar-refractivity contribution in [1.29, 1.82) is 0 Å². The molecule has 0 saturated heterocycles. The fraction of sp³-hybridized carbons (Fsp3) is 0.526. The third-order valence-electron chi connectivity index (χ3n) is 5.85. The maximum Gasteiger partial charge on any atom is 0.368 e. The lowest BCUT2D eigenvalue weighted by molar-refractivity contribution is -0.134. The number of carboxylic acids is 1. The Bertz CT molecular complexity index is 790. The van der Waals surface area contributed by atoms with Crippen molar-refractivity contribution in [3.63, 3.8) is 0 Å². The van der Waals surface area contributed by atoms with E-state index in [0.29, 0.717) is 17.6 Å². The van der Waals surface area contributed by atoms with Gasteiger partial charge in [0, 0.05) is 18.6 Å². The largest absolute Gasteiger partial charge is 0.476 e. The van der Waals surface area contributed by atoms with Gasteiger partial charge in [-0.1, -0.05) is 0 Å². The molecule has 4 aliphatic rings. The number of carboxylic acid groups (broad SMARTS) is 1. The molecule has 3 aliphatic carbocycles. The van der Waals surface area contributed by atoms with Crippen molar-refractivity contribution in [3.8, 4) is 5.75 Å². The first-order valence-corrected chi connectivity index (χ1v) is 11.1. The van der Waals surface area contributed by atoms with E-state index in [2.05, 4.69) is 22.3 Å².